The summed E-state index contributed by atoms with van der Waals surface area (Å²) in [5.41, 5.74) is 2.44. The molecule has 2 aromatic carbocycles. The lowest BCUT2D eigenvalue weighted by molar-refractivity contribution is 0.470. The average Bonchev–Trinajstić information content (AvgIpc) is 2.50. The molecule has 0 radical (unpaired) electrons. The zero-order chi connectivity index (χ0) is 16.7. The van der Waals surface area contributed by atoms with E-state index in [2.05, 4.69) is 36.2 Å². The first-order chi connectivity index (χ1) is 11.1. The summed E-state index contributed by atoms with van der Waals surface area (Å²) in [7, 11) is 0. The molecule has 0 saturated heterocycles. The lowest BCUT2D eigenvalue weighted by Gasteiger charge is -2.17. The summed E-state index contributed by atoms with van der Waals surface area (Å²) in [6, 6.07) is 15.5. The minimum Gasteiger partial charge on any atom is -0.382 e. The minimum atomic E-state index is 0.323. The smallest absolute Gasteiger partial charge is 0.382 e. The van der Waals surface area contributed by atoms with Gasteiger partial charge in [0.15, 0.2) is 0 Å². The highest BCUT2D eigenvalue weighted by Crippen LogP contribution is 2.31. The van der Waals surface area contributed by atoms with Crippen LogP contribution in [-0.2, 0) is 0 Å². The van der Waals surface area contributed by atoms with Crippen molar-refractivity contribution in [1.29, 1.82) is 0 Å². The second kappa shape index (κ2) is 8.17. The van der Waals surface area contributed by atoms with E-state index in [4.69, 9.17) is 4.89 Å². The van der Waals surface area contributed by atoms with Gasteiger partial charge in [-0.25, -0.2) is 0 Å². The van der Waals surface area contributed by atoms with Crippen molar-refractivity contribution < 1.29 is 4.89 Å². The molecule has 5 heteroatoms. The van der Waals surface area contributed by atoms with Gasteiger partial charge in [0.2, 0.25) is 0 Å². The number of hydrogen-bond acceptors (Lipinski definition) is 4. The van der Waals surface area contributed by atoms with Crippen LogP contribution in [0.25, 0.3) is 0 Å². The lowest BCUT2D eigenvalue weighted by Crippen LogP contribution is -2.17. The zero-order valence-electron chi connectivity index (χ0n) is 13.7. The summed E-state index contributed by atoms with van der Waals surface area (Å²) in [5.74, 6) is 0.947. The zero-order valence-corrected chi connectivity index (χ0v) is 13.7. The van der Waals surface area contributed by atoms with E-state index >= 15 is 0 Å². The van der Waals surface area contributed by atoms with Crippen molar-refractivity contribution in [3.8, 4) is 5.75 Å². The predicted octanol–water partition coefficient (Wildman–Crippen LogP) is 5.19. The molecule has 2 rings (SSSR count). The van der Waals surface area contributed by atoms with Gasteiger partial charge in [-0.3, -0.25) is 0 Å². The van der Waals surface area contributed by atoms with Crippen LogP contribution in [-0.4, -0.2) is 6.04 Å². The second-order valence-electron chi connectivity index (χ2n) is 6.03. The molecule has 0 aliphatic rings. The fourth-order valence-corrected chi connectivity index (χ4v) is 2.55. The van der Waals surface area contributed by atoms with Crippen LogP contribution in [0.5, 0.6) is 5.75 Å². The van der Waals surface area contributed by atoms with Crippen molar-refractivity contribution in [2.24, 2.45) is 5.92 Å². The van der Waals surface area contributed by atoms with Gasteiger partial charge < -0.3 is 10.6 Å². The fraction of sp³-hybridized carbons (Fsp3) is 0.333. The summed E-state index contributed by atoms with van der Waals surface area (Å²) in [5, 5.41) is 6.60. The van der Waals surface area contributed by atoms with E-state index < -0.39 is 0 Å². The van der Waals surface area contributed by atoms with Gasteiger partial charge in [-0.1, -0.05) is 32.0 Å². The van der Waals surface area contributed by atoms with Crippen molar-refractivity contribution in [3.05, 3.63) is 58.2 Å². The molecule has 0 aliphatic carbocycles. The molecule has 1 unspecified atom stereocenters. The van der Waals surface area contributed by atoms with E-state index in [0.717, 1.165) is 17.8 Å². The first-order valence-corrected chi connectivity index (χ1v) is 7.77. The maximum Gasteiger partial charge on any atom is 0.383 e. The van der Waals surface area contributed by atoms with Crippen molar-refractivity contribution in [3.63, 3.8) is 0 Å². The van der Waals surface area contributed by atoms with Crippen molar-refractivity contribution in [2.45, 2.75) is 33.2 Å². The normalized spacial score (nSPS) is 11.8. The molecule has 0 aliphatic heterocycles. The third kappa shape index (κ3) is 5.29. The van der Waals surface area contributed by atoms with E-state index in [1.165, 1.54) is 0 Å². The largest absolute Gasteiger partial charge is 0.383 e. The Morgan fingerprint density at radius 2 is 1.78 bits per heavy atom. The van der Waals surface area contributed by atoms with Crippen LogP contribution in [0.1, 0.15) is 27.2 Å². The highest BCUT2D eigenvalue weighted by molar-refractivity contribution is 5.70. The monoisotopic (exact) mass is 315 g/mol. The van der Waals surface area contributed by atoms with Gasteiger partial charge in [-0.15, -0.1) is 0 Å². The highest BCUT2D eigenvalue weighted by Gasteiger charge is 2.14. The molecule has 0 amide bonds. The molecule has 1 atom stereocenters. The Hall–Kier alpha value is -2.56. The summed E-state index contributed by atoms with van der Waals surface area (Å²) >= 11 is 0. The molecule has 0 fully saturated rings. The molecule has 2 N–H and O–H groups in total. The molecule has 0 saturated carbocycles. The van der Waals surface area contributed by atoms with Crippen LogP contribution in [0, 0.1) is 15.6 Å². The maximum absolute atomic E-state index is 10.4. The van der Waals surface area contributed by atoms with Crippen LogP contribution in [0.15, 0.2) is 48.5 Å². The molecule has 2 aromatic rings. The van der Waals surface area contributed by atoms with E-state index in [1.54, 1.807) is 6.07 Å². The molecule has 23 heavy (non-hydrogen) atoms. The Labute approximate surface area is 136 Å². The van der Waals surface area contributed by atoms with Gasteiger partial charge in [0, 0.05) is 23.5 Å². The average molecular weight is 315 g/mol. The Bertz CT molecular complexity index is 629. The molecule has 122 valence electrons. The topological polar surface area (TPSA) is 61.7 Å². The number of anilines is 3. The van der Waals surface area contributed by atoms with E-state index in [1.807, 2.05) is 42.5 Å². The minimum absolute atomic E-state index is 0.323. The number of hydrogen-bond donors (Lipinski definition) is 2. The third-order valence-corrected chi connectivity index (χ3v) is 3.40. The van der Waals surface area contributed by atoms with Crippen LogP contribution >= 0.6 is 0 Å². The van der Waals surface area contributed by atoms with Crippen molar-refractivity contribution >= 4 is 17.1 Å². The van der Waals surface area contributed by atoms with Crippen molar-refractivity contribution in [1.82, 2.24) is 0 Å². The van der Waals surface area contributed by atoms with Crippen LogP contribution in [0.3, 0.4) is 0 Å². The van der Waals surface area contributed by atoms with Gasteiger partial charge in [0.25, 0.3) is 10.7 Å². The molecule has 0 bridgehead atoms. The lowest BCUT2D eigenvalue weighted by atomic mass is 10.1. The molecular formula is C18H23N2O3+. The Morgan fingerprint density at radius 3 is 2.43 bits per heavy atom. The first-order valence-electron chi connectivity index (χ1n) is 7.77. The molecule has 5 nitrogen and oxygen atoms in total. The summed E-state index contributed by atoms with van der Waals surface area (Å²) in [6.07, 6.45) is 1.05. The predicted molar refractivity (Wildman–Crippen MR) is 96.1 cm³/mol. The Morgan fingerprint density at radius 1 is 1.04 bits per heavy atom. The Kier molecular flexibility index (Phi) is 5.97. The van der Waals surface area contributed by atoms with Crippen LogP contribution < -0.4 is 15.5 Å². The summed E-state index contributed by atoms with van der Waals surface area (Å²) in [6.45, 7) is 6.50. The van der Waals surface area contributed by atoms with Crippen molar-refractivity contribution in [2.75, 3.05) is 10.6 Å². The Balaban J connectivity index is 2.15. The molecule has 0 spiro atoms. The van der Waals surface area contributed by atoms with E-state index in [-0.39, 0.29) is 0 Å². The number of benzene rings is 2. The summed E-state index contributed by atoms with van der Waals surface area (Å²) in [4.78, 5) is 15.2. The highest BCUT2D eigenvalue weighted by atomic mass is 17.3. The fourth-order valence-electron chi connectivity index (χ4n) is 2.55. The summed E-state index contributed by atoms with van der Waals surface area (Å²) < 4.78 is 3.61. The van der Waals surface area contributed by atoms with E-state index in [9.17, 15) is 4.96 Å². The van der Waals surface area contributed by atoms with E-state index in [0.29, 0.717) is 23.4 Å². The molecule has 0 heterocycles. The van der Waals surface area contributed by atoms with Crippen LogP contribution in [0.4, 0.5) is 17.1 Å². The number of rotatable bonds is 8. The van der Waals surface area contributed by atoms with Gasteiger partial charge in [0.1, 0.15) is 0 Å². The molecule has 0 aromatic heterocycles. The van der Waals surface area contributed by atoms with Gasteiger partial charge >= 0.3 is 4.75 Å². The third-order valence-electron chi connectivity index (χ3n) is 3.40. The van der Waals surface area contributed by atoms with Gasteiger partial charge in [0.05, 0.1) is 5.69 Å². The quantitative estimate of drug-likeness (QED) is 0.400. The van der Waals surface area contributed by atoms with Gasteiger partial charge in [-0.05, 0) is 48.4 Å². The second-order valence-corrected chi connectivity index (χ2v) is 6.03. The van der Waals surface area contributed by atoms with Crippen LogP contribution in [0.2, 0.25) is 0 Å². The SMILES string of the molecule is CC(C)CC(C)Nc1ccc(Nc2ccccc2)c(O[O+]=O)c1. The maximum atomic E-state index is 10.4. The molecular weight excluding hydrogens is 292 g/mol. The van der Waals surface area contributed by atoms with Gasteiger partial charge in [-0.2, -0.15) is 0 Å². The standard InChI is InChI=1S/C18H23N2O3/c1-13(2)11-14(3)19-16-9-10-17(18(12-16)22-23-21)20-15-7-5-4-6-8-15/h4-10,12-14,19-20H,11H2,1-3H3/q+1. The number of nitrogens with one attached hydrogen (secondary N) is 2. The number of para-hydroxylation sites is 1. The first kappa shape index (κ1) is 16.8.